The lowest BCUT2D eigenvalue weighted by molar-refractivity contribution is -0.115. The SMILES string of the molecule is C[C@H](Sc1nnc(-c2cc3ccccc3o2)n1C)C(=O)Nc1ccc2c(c1)OCO2. The summed E-state index contributed by atoms with van der Waals surface area (Å²) in [5, 5.41) is 12.6. The highest BCUT2D eigenvalue weighted by atomic mass is 32.2. The number of carbonyl (C=O) groups excluding carboxylic acids is 1. The number of nitrogens with zero attached hydrogens (tertiary/aromatic N) is 3. The number of ether oxygens (including phenoxy) is 2. The maximum absolute atomic E-state index is 12.6. The number of furan rings is 1. The fourth-order valence-electron chi connectivity index (χ4n) is 3.15. The fourth-order valence-corrected chi connectivity index (χ4v) is 3.97. The lowest BCUT2D eigenvalue weighted by Crippen LogP contribution is -2.22. The zero-order chi connectivity index (χ0) is 20.7. The molecule has 0 bridgehead atoms. The highest BCUT2D eigenvalue weighted by Crippen LogP contribution is 2.35. The normalized spacial score (nSPS) is 13.5. The second kappa shape index (κ2) is 7.42. The quantitative estimate of drug-likeness (QED) is 0.485. The maximum atomic E-state index is 12.6. The number of para-hydroxylation sites is 1. The minimum Gasteiger partial charge on any atom is -0.454 e. The molecule has 0 aliphatic carbocycles. The molecule has 8 nitrogen and oxygen atoms in total. The molecule has 9 heteroatoms. The van der Waals surface area contributed by atoms with E-state index in [0.717, 1.165) is 11.0 Å². The van der Waals surface area contributed by atoms with Crippen LogP contribution in [0.15, 0.2) is 58.1 Å². The van der Waals surface area contributed by atoms with Gasteiger partial charge in [-0.1, -0.05) is 30.0 Å². The van der Waals surface area contributed by atoms with Crippen LogP contribution < -0.4 is 14.8 Å². The van der Waals surface area contributed by atoms with Crippen molar-refractivity contribution in [3.05, 3.63) is 48.5 Å². The molecule has 30 heavy (non-hydrogen) atoms. The van der Waals surface area contributed by atoms with Crippen LogP contribution in [0.2, 0.25) is 0 Å². The average molecular weight is 422 g/mol. The monoisotopic (exact) mass is 422 g/mol. The molecule has 1 N–H and O–H groups in total. The first-order valence-electron chi connectivity index (χ1n) is 9.34. The van der Waals surface area contributed by atoms with E-state index in [2.05, 4.69) is 15.5 Å². The highest BCUT2D eigenvalue weighted by Gasteiger charge is 2.22. The number of nitrogens with one attached hydrogen (secondary N) is 1. The molecule has 0 unspecified atom stereocenters. The van der Waals surface area contributed by atoms with Crippen LogP contribution in [0.1, 0.15) is 6.92 Å². The van der Waals surface area contributed by atoms with Crippen molar-refractivity contribution < 1.29 is 18.7 Å². The Balaban J connectivity index is 1.30. The Morgan fingerprint density at radius 1 is 1.13 bits per heavy atom. The highest BCUT2D eigenvalue weighted by molar-refractivity contribution is 8.00. The van der Waals surface area contributed by atoms with Crippen molar-refractivity contribution in [3.8, 4) is 23.1 Å². The smallest absolute Gasteiger partial charge is 0.237 e. The Morgan fingerprint density at radius 2 is 1.97 bits per heavy atom. The van der Waals surface area contributed by atoms with E-state index in [1.807, 2.05) is 48.9 Å². The minimum absolute atomic E-state index is 0.146. The van der Waals surface area contributed by atoms with E-state index < -0.39 is 0 Å². The Bertz CT molecular complexity index is 1220. The molecule has 1 aliphatic rings. The number of hydrogen-bond acceptors (Lipinski definition) is 7. The molecular formula is C21H18N4O4S. The molecule has 2 aromatic heterocycles. The average Bonchev–Trinajstić information content (AvgIpc) is 3.46. The van der Waals surface area contributed by atoms with Crippen LogP contribution in [0.25, 0.3) is 22.6 Å². The van der Waals surface area contributed by atoms with Crippen molar-refractivity contribution in [1.29, 1.82) is 0 Å². The summed E-state index contributed by atoms with van der Waals surface area (Å²) in [6.07, 6.45) is 0. The van der Waals surface area contributed by atoms with Gasteiger partial charge >= 0.3 is 0 Å². The standard InChI is InChI=1S/C21H18N4O4S/c1-12(20(26)22-14-7-8-16-17(10-14)28-11-27-16)30-21-24-23-19(25(21)2)18-9-13-5-3-4-6-15(13)29-18/h3-10,12H,11H2,1-2H3,(H,22,26)/t12-/m0/s1. The van der Waals surface area contributed by atoms with Gasteiger partial charge in [-0.15, -0.1) is 10.2 Å². The first-order chi connectivity index (χ1) is 14.6. The Morgan fingerprint density at radius 3 is 2.83 bits per heavy atom. The van der Waals surface area contributed by atoms with Gasteiger partial charge in [-0.2, -0.15) is 0 Å². The van der Waals surface area contributed by atoms with Crippen LogP contribution in [0.4, 0.5) is 5.69 Å². The topological polar surface area (TPSA) is 91.4 Å². The summed E-state index contributed by atoms with van der Waals surface area (Å²) >= 11 is 1.33. The van der Waals surface area contributed by atoms with Crippen molar-refractivity contribution in [2.24, 2.45) is 7.05 Å². The van der Waals surface area contributed by atoms with Gasteiger partial charge in [0.05, 0.1) is 5.25 Å². The number of anilines is 1. The van der Waals surface area contributed by atoms with Gasteiger partial charge in [0.1, 0.15) is 5.58 Å². The van der Waals surface area contributed by atoms with E-state index in [-0.39, 0.29) is 18.0 Å². The molecular weight excluding hydrogens is 404 g/mol. The van der Waals surface area contributed by atoms with E-state index in [9.17, 15) is 4.79 Å². The second-order valence-electron chi connectivity index (χ2n) is 6.83. The maximum Gasteiger partial charge on any atom is 0.237 e. The van der Waals surface area contributed by atoms with Gasteiger partial charge in [0.15, 0.2) is 28.2 Å². The summed E-state index contributed by atoms with van der Waals surface area (Å²) in [6.45, 7) is 2.02. The molecule has 4 aromatic rings. The molecule has 2 aromatic carbocycles. The summed E-state index contributed by atoms with van der Waals surface area (Å²) in [4.78, 5) is 12.6. The Hall–Kier alpha value is -3.46. The third-order valence-electron chi connectivity index (χ3n) is 4.77. The van der Waals surface area contributed by atoms with Gasteiger partial charge in [-0.25, -0.2) is 0 Å². The van der Waals surface area contributed by atoms with E-state index in [1.165, 1.54) is 11.8 Å². The third kappa shape index (κ3) is 3.37. The van der Waals surface area contributed by atoms with Crippen molar-refractivity contribution in [2.45, 2.75) is 17.3 Å². The molecule has 1 amide bonds. The number of benzene rings is 2. The lowest BCUT2D eigenvalue weighted by Gasteiger charge is -2.12. The zero-order valence-corrected chi connectivity index (χ0v) is 17.1. The summed E-state index contributed by atoms with van der Waals surface area (Å²) in [5.41, 5.74) is 1.44. The van der Waals surface area contributed by atoms with Crippen molar-refractivity contribution >= 4 is 34.3 Å². The number of aromatic nitrogens is 3. The van der Waals surface area contributed by atoms with Crippen LogP contribution in [-0.2, 0) is 11.8 Å². The van der Waals surface area contributed by atoms with Gasteiger partial charge in [0, 0.05) is 24.2 Å². The van der Waals surface area contributed by atoms with Gasteiger partial charge in [-0.3, -0.25) is 4.79 Å². The molecule has 1 aliphatic heterocycles. The molecule has 0 fully saturated rings. The number of fused-ring (bicyclic) bond motifs is 2. The van der Waals surface area contributed by atoms with Crippen LogP contribution in [-0.4, -0.2) is 32.7 Å². The van der Waals surface area contributed by atoms with Crippen molar-refractivity contribution in [3.63, 3.8) is 0 Å². The molecule has 0 radical (unpaired) electrons. The van der Waals surface area contributed by atoms with Gasteiger partial charge in [-0.05, 0) is 31.2 Å². The largest absolute Gasteiger partial charge is 0.454 e. The second-order valence-corrected chi connectivity index (χ2v) is 8.14. The molecule has 3 heterocycles. The summed E-state index contributed by atoms with van der Waals surface area (Å²) in [6, 6.07) is 15.0. The fraction of sp³-hybridized carbons (Fsp3) is 0.190. The van der Waals surface area contributed by atoms with E-state index in [1.54, 1.807) is 18.2 Å². The molecule has 0 saturated carbocycles. The third-order valence-corrected chi connectivity index (χ3v) is 5.91. The summed E-state index contributed by atoms with van der Waals surface area (Å²) in [5.74, 6) is 2.39. The molecule has 1 atom stereocenters. The van der Waals surface area contributed by atoms with Crippen LogP contribution >= 0.6 is 11.8 Å². The minimum atomic E-state index is -0.387. The molecule has 0 saturated heterocycles. The number of rotatable bonds is 5. The number of amides is 1. The van der Waals surface area contributed by atoms with Crippen molar-refractivity contribution in [1.82, 2.24) is 14.8 Å². The van der Waals surface area contributed by atoms with Crippen molar-refractivity contribution in [2.75, 3.05) is 12.1 Å². The first-order valence-corrected chi connectivity index (χ1v) is 10.2. The van der Waals surface area contributed by atoms with Crippen LogP contribution in [0, 0.1) is 0 Å². The summed E-state index contributed by atoms with van der Waals surface area (Å²) < 4.78 is 18.3. The van der Waals surface area contributed by atoms with E-state index in [4.69, 9.17) is 13.9 Å². The van der Waals surface area contributed by atoms with E-state index in [0.29, 0.717) is 33.9 Å². The number of hydrogen-bond donors (Lipinski definition) is 1. The van der Waals surface area contributed by atoms with Gasteiger partial charge in [0.2, 0.25) is 12.7 Å². The van der Waals surface area contributed by atoms with Crippen LogP contribution in [0.3, 0.4) is 0 Å². The van der Waals surface area contributed by atoms with Gasteiger partial charge in [0.25, 0.3) is 0 Å². The predicted molar refractivity (Wildman–Crippen MR) is 113 cm³/mol. The predicted octanol–water partition coefficient (Wildman–Crippen LogP) is 4.08. The zero-order valence-electron chi connectivity index (χ0n) is 16.3. The van der Waals surface area contributed by atoms with Crippen LogP contribution in [0.5, 0.6) is 11.5 Å². The first kappa shape index (κ1) is 18.6. The van der Waals surface area contributed by atoms with E-state index >= 15 is 0 Å². The summed E-state index contributed by atoms with van der Waals surface area (Å²) in [7, 11) is 1.85. The molecule has 152 valence electrons. The number of carbonyl (C=O) groups is 1. The molecule has 5 rings (SSSR count). The van der Waals surface area contributed by atoms with Gasteiger partial charge < -0.3 is 23.8 Å². The molecule has 0 spiro atoms. The Kier molecular flexibility index (Phi) is 4.59. The lowest BCUT2D eigenvalue weighted by atomic mass is 10.2. The number of thioether (sulfide) groups is 1. The Labute approximate surface area is 176 Å².